The number of rotatable bonds is 5. The molecule has 8 heteroatoms. The molecule has 1 fully saturated rings. The van der Waals surface area contributed by atoms with Gasteiger partial charge in [-0.3, -0.25) is 5.10 Å². The highest BCUT2D eigenvalue weighted by Gasteiger charge is 2.33. The fourth-order valence-corrected chi connectivity index (χ4v) is 5.39. The van der Waals surface area contributed by atoms with Gasteiger partial charge < -0.3 is 5.32 Å². The van der Waals surface area contributed by atoms with Gasteiger partial charge in [-0.15, -0.1) is 0 Å². The van der Waals surface area contributed by atoms with Crippen molar-refractivity contribution in [2.24, 2.45) is 0 Å². The van der Waals surface area contributed by atoms with E-state index in [9.17, 15) is 8.42 Å². The highest BCUT2D eigenvalue weighted by Crippen LogP contribution is 2.27. The van der Waals surface area contributed by atoms with Crippen LogP contribution in [0, 0.1) is 6.92 Å². The van der Waals surface area contributed by atoms with Gasteiger partial charge in [-0.25, -0.2) is 8.42 Å². The maximum atomic E-state index is 12.8. The summed E-state index contributed by atoms with van der Waals surface area (Å²) in [7, 11) is -3.46. The molecule has 1 aliphatic heterocycles. The smallest absolute Gasteiger partial charge is 0.246 e. The molecule has 0 aromatic carbocycles. The van der Waals surface area contributed by atoms with Crippen molar-refractivity contribution in [3.05, 3.63) is 11.4 Å². The molecule has 114 valence electrons. The second-order valence-electron chi connectivity index (χ2n) is 4.95. The van der Waals surface area contributed by atoms with Crippen LogP contribution in [0.2, 0.25) is 0 Å². The number of thioether (sulfide) groups is 1. The quantitative estimate of drug-likeness (QED) is 0.845. The summed E-state index contributed by atoms with van der Waals surface area (Å²) < 4.78 is 27.2. The molecule has 0 aliphatic carbocycles. The van der Waals surface area contributed by atoms with Crippen molar-refractivity contribution in [3.8, 4) is 0 Å². The topological polar surface area (TPSA) is 78.1 Å². The zero-order chi connectivity index (χ0) is 14.8. The lowest BCUT2D eigenvalue weighted by Crippen LogP contribution is -2.41. The van der Waals surface area contributed by atoms with Crippen LogP contribution in [0.1, 0.15) is 25.2 Å². The molecule has 0 radical (unpaired) electrons. The summed E-state index contributed by atoms with van der Waals surface area (Å²) >= 11 is 1.82. The summed E-state index contributed by atoms with van der Waals surface area (Å²) in [4.78, 5) is 0.345. The van der Waals surface area contributed by atoms with Crippen molar-refractivity contribution in [1.29, 1.82) is 0 Å². The van der Waals surface area contributed by atoms with Crippen LogP contribution in [0.3, 0.4) is 0 Å². The highest BCUT2D eigenvalue weighted by atomic mass is 32.2. The number of nitrogens with zero attached hydrogens (tertiary/aromatic N) is 2. The second kappa shape index (κ2) is 6.46. The first-order valence-corrected chi connectivity index (χ1v) is 9.32. The van der Waals surface area contributed by atoms with Crippen molar-refractivity contribution >= 4 is 21.8 Å². The molecule has 1 aromatic rings. The first-order valence-electron chi connectivity index (χ1n) is 6.83. The third-order valence-electron chi connectivity index (χ3n) is 3.31. The van der Waals surface area contributed by atoms with Gasteiger partial charge in [-0.2, -0.15) is 21.2 Å². The van der Waals surface area contributed by atoms with Crippen molar-refractivity contribution in [1.82, 2.24) is 19.8 Å². The van der Waals surface area contributed by atoms with Gasteiger partial charge in [0.1, 0.15) is 4.90 Å². The predicted molar refractivity (Wildman–Crippen MR) is 81.4 cm³/mol. The number of aromatic nitrogens is 2. The average Bonchev–Trinajstić information content (AvgIpc) is 2.78. The molecule has 0 bridgehead atoms. The Kier molecular flexibility index (Phi) is 5.11. The number of aryl methyl sites for hydroxylation is 1. The van der Waals surface area contributed by atoms with E-state index < -0.39 is 10.0 Å². The number of aromatic amines is 1. The van der Waals surface area contributed by atoms with Crippen LogP contribution in [-0.4, -0.2) is 53.6 Å². The summed E-state index contributed by atoms with van der Waals surface area (Å²) in [5, 5.41) is 10.4. The zero-order valence-corrected chi connectivity index (χ0v) is 13.8. The molecule has 1 aliphatic rings. The van der Waals surface area contributed by atoms with E-state index >= 15 is 0 Å². The van der Waals surface area contributed by atoms with Gasteiger partial charge in [0.25, 0.3) is 0 Å². The molecule has 6 nitrogen and oxygen atoms in total. The Labute approximate surface area is 124 Å². The summed E-state index contributed by atoms with van der Waals surface area (Å²) in [6.45, 7) is 8.19. The first-order chi connectivity index (χ1) is 9.46. The number of hydrogen-bond acceptors (Lipinski definition) is 5. The Bertz CT molecular complexity index is 556. The molecule has 20 heavy (non-hydrogen) atoms. The highest BCUT2D eigenvalue weighted by molar-refractivity contribution is 8.00. The number of H-pyrrole nitrogens is 1. The van der Waals surface area contributed by atoms with Crippen LogP contribution in [0.4, 0.5) is 0 Å². The van der Waals surface area contributed by atoms with Crippen molar-refractivity contribution in [2.75, 3.05) is 25.4 Å². The molecule has 2 rings (SSSR count). The van der Waals surface area contributed by atoms with Crippen molar-refractivity contribution in [3.63, 3.8) is 0 Å². The Balaban J connectivity index is 2.31. The normalized spacial score (nSPS) is 21.2. The Hall–Kier alpha value is -0.570. The largest absolute Gasteiger partial charge is 0.311 e. The summed E-state index contributed by atoms with van der Waals surface area (Å²) in [5.74, 6) is 0.847. The molecule has 0 saturated carbocycles. The van der Waals surface area contributed by atoms with Crippen molar-refractivity contribution in [2.45, 2.75) is 37.5 Å². The van der Waals surface area contributed by atoms with Gasteiger partial charge in [-0.1, -0.05) is 13.8 Å². The lowest BCUT2D eigenvalue weighted by molar-refractivity contribution is 0.423. The van der Waals surface area contributed by atoms with Gasteiger partial charge in [0.15, 0.2) is 0 Å². The molecule has 1 aromatic heterocycles. The van der Waals surface area contributed by atoms with Crippen LogP contribution in [-0.2, 0) is 16.6 Å². The van der Waals surface area contributed by atoms with Gasteiger partial charge in [-0.05, 0) is 13.5 Å². The molecule has 2 N–H and O–H groups in total. The van der Waals surface area contributed by atoms with E-state index in [4.69, 9.17) is 0 Å². The Morgan fingerprint density at radius 1 is 1.55 bits per heavy atom. The lowest BCUT2D eigenvalue weighted by atomic mass is 10.3. The maximum Gasteiger partial charge on any atom is 0.246 e. The number of nitrogens with one attached hydrogen (secondary N) is 2. The lowest BCUT2D eigenvalue weighted by Gasteiger charge is -2.29. The van der Waals surface area contributed by atoms with Crippen LogP contribution in [0.5, 0.6) is 0 Å². The fraction of sp³-hybridized carbons (Fsp3) is 0.750. The van der Waals surface area contributed by atoms with E-state index in [0.717, 1.165) is 12.3 Å². The van der Waals surface area contributed by atoms with Crippen LogP contribution in [0.25, 0.3) is 0 Å². The average molecular weight is 318 g/mol. The van der Waals surface area contributed by atoms with Crippen LogP contribution >= 0.6 is 11.8 Å². The summed E-state index contributed by atoms with van der Waals surface area (Å²) in [6, 6.07) is 0. The SMILES string of the molecule is CCNCc1n[nH]c(C)c1S(=O)(=O)N1CCSC(C)C1. The zero-order valence-electron chi connectivity index (χ0n) is 12.1. The standard InChI is InChI=1S/C12H22N4O2S2/c1-4-13-7-11-12(10(3)14-15-11)20(17,18)16-5-6-19-9(2)8-16/h9,13H,4-8H2,1-3H3,(H,14,15). The van der Waals surface area contributed by atoms with E-state index in [1.165, 1.54) is 0 Å². The molecule has 0 amide bonds. The fourth-order valence-electron chi connectivity index (χ4n) is 2.31. The van der Waals surface area contributed by atoms with Crippen molar-refractivity contribution < 1.29 is 8.42 Å². The predicted octanol–water partition coefficient (Wildman–Crippen LogP) is 0.954. The van der Waals surface area contributed by atoms with E-state index in [0.29, 0.717) is 41.2 Å². The molecular weight excluding hydrogens is 296 g/mol. The summed E-state index contributed by atoms with van der Waals surface area (Å²) in [5.41, 5.74) is 1.19. The van der Waals surface area contributed by atoms with E-state index in [1.807, 2.05) is 18.7 Å². The van der Waals surface area contributed by atoms with Gasteiger partial charge >= 0.3 is 0 Å². The van der Waals surface area contributed by atoms with Crippen LogP contribution < -0.4 is 5.32 Å². The maximum absolute atomic E-state index is 12.8. The Morgan fingerprint density at radius 2 is 2.30 bits per heavy atom. The minimum absolute atomic E-state index is 0.336. The Morgan fingerprint density at radius 3 is 2.95 bits per heavy atom. The molecule has 0 spiro atoms. The second-order valence-corrected chi connectivity index (χ2v) is 8.37. The third kappa shape index (κ3) is 3.19. The summed E-state index contributed by atoms with van der Waals surface area (Å²) in [6.07, 6.45) is 0. The molecule has 1 atom stereocenters. The number of sulfonamides is 1. The van der Waals surface area contributed by atoms with Gasteiger partial charge in [0, 0.05) is 30.6 Å². The van der Waals surface area contributed by atoms with Crippen LogP contribution in [0.15, 0.2) is 4.90 Å². The monoisotopic (exact) mass is 318 g/mol. The minimum Gasteiger partial charge on any atom is -0.311 e. The first kappa shape index (κ1) is 15.8. The third-order valence-corrected chi connectivity index (χ3v) is 6.51. The molecule has 2 heterocycles. The minimum atomic E-state index is -3.46. The molecular formula is C12H22N4O2S2. The van der Waals surface area contributed by atoms with E-state index in [1.54, 1.807) is 11.2 Å². The van der Waals surface area contributed by atoms with E-state index in [2.05, 4.69) is 22.4 Å². The molecule has 1 saturated heterocycles. The van der Waals surface area contributed by atoms with Gasteiger partial charge in [0.05, 0.1) is 11.4 Å². The van der Waals surface area contributed by atoms with Gasteiger partial charge in [0.2, 0.25) is 10.0 Å². The number of hydrogen-bond donors (Lipinski definition) is 2. The van der Waals surface area contributed by atoms with E-state index in [-0.39, 0.29) is 0 Å². The molecule has 1 unspecified atom stereocenters.